The fraction of sp³-hybridized carbons (Fsp3) is 0.385. The first-order valence-electron chi connectivity index (χ1n) is 5.77. The van der Waals surface area contributed by atoms with Crippen LogP contribution in [0.15, 0.2) is 24.3 Å². The lowest BCUT2D eigenvalue weighted by molar-refractivity contribution is 0.293. The Hall–Kier alpha value is -1.62. The predicted molar refractivity (Wildman–Crippen MR) is 73.8 cm³/mol. The maximum absolute atomic E-state index is 5.81. The van der Waals surface area contributed by atoms with Crippen LogP contribution in [0.2, 0.25) is 0 Å². The van der Waals surface area contributed by atoms with Gasteiger partial charge < -0.3 is 10.5 Å². The molecule has 0 atom stereocenters. The average molecular weight is 263 g/mol. The minimum atomic E-state index is 0.0441. The van der Waals surface area contributed by atoms with Gasteiger partial charge >= 0.3 is 0 Å². The number of nitrogens with two attached hydrogens (primary N) is 1. The Morgan fingerprint density at radius 3 is 2.61 bits per heavy atom. The van der Waals surface area contributed by atoms with Crippen LogP contribution in [-0.4, -0.2) is 9.59 Å². The average Bonchev–Trinajstić information content (AvgIpc) is 2.71. The quantitative estimate of drug-likeness (QED) is 0.924. The smallest absolute Gasteiger partial charge is 0.136 e. The Kier molecular flexibility index (Phi) is 3.52. The van der Waals surface area contributed by atoms with Crippen molar-refractivity contribution in [2.45, 2.75) is 32.8 Å². The predicted octanol–water partition coefficient (Wildman–Crippen LogP) is 3.00. The van der Waals surface area contributed by atoms with Crippen LogP contribution in [0.5, 0.6) is 5.75 Å². The summed E-state index contributed by atoms with van der Waals surface area (Å²) in [5, 5.41) is 4.56. The molecule has 5 heteroatoms. The zero-order valence-corrected chi connectivity index (χ0v) is 11.6. The van der Waals surface area contributed by atoms with Crippen LogP contribution in [0.1, 0.15) is 32.0 Å². The van der Waals surface area contributed by atoms with E-state index in [9.17, 15) is 0 Å². The lowest BCUT2D eigenvalue weighted by Gasteiger charge is -2.22. The summed E-state index contributed by atoms with van der Waals surface area (Å²) in [6.45, 7) is 6.84. The molecule has 1 aromatic carbocycles. The van der Waals surface area contributed by atoms with Gasteiger partial charge in [-0.2, -0.15) is 0 Å². The summed E-state index contributed by atoms with van der Waals surface area (Å²) in [5.41, 5.74) is 7.66. The third-order valence-electron chi connectivity index (χ3n) is 2.64. The van der Waals surface area contributed by atoms with Crippen molar-refractivity contribution >= 4 is 16.5 Å². The van der Waals surface area contributed by atoms with Gasteiger partial charge in [-0.1, -0.05) is 43.5 Å². The van der Waals surface area contributed by atoms with E-state index in [0.29, 0.717) is 17.3 Å². The van der Waals surface area contributed by atoms with Gasteiger partial charge in [0.15, 0.2) is 0 Å². The van der Waals surface area contributed by atoms with Crippen LogP contribution in [0, 0.1) is 0 Å². The molecule has 0 aliphatic carbocycles. The molecule has 1 heterocycles. The van der Waals surface area contributed by atoms with Crippen molar-refractivity contribution in [1.82, 2.24) is 9.59 Å². The van der Waals surface area contributed by atoms with E-state index in [0.717, 1.165) is 5.75 Å². The fourth-order valence-electron chi connectivity index (χ4n) is 1.67. The summed E-state index contributed by atoms with van der Waals surface area (Å²) < 4.78 is 9.60. The maximum Gasteiger partial charge on any atom is 0.136 e. The van der Waals surface area contributed by atoms with Gasteiger partial charge in [0, 0.05) is 11.5 Å². The van der Waals surface area contributed by atoms with Crippen LogP contribution in [0.25, 0.3) is 0 Å². The zero-order chi connectivity index (χ0) is 13.2. The van der Waals surface area contributed by atoms with Gasteiger partial charge in [0.2, 0.25) is 0 Å². The molecule has 0 radical (unpaired) electrons. The van der Waals surface area contributed by atoms with Crippen LogP contribution in [0.3, 0.4) is 0 Å². The number of nitrogens with zero attached hydrogens (tertiary/aromatic N) is 2. The molecule has 0 bridgehead atoms. The summed E-state index contributed by atoms with van der Waals surface area (Å²) in [5.74, 6) is 0.873. The summed E-state index contributed by atoms with van der Waals surface area (Å²) >= 11 is 1.19. The van der Waals surface area contributed by atoms with Crippen molar-refractivity contribution in [2.24, 2.45) is 0 Å². The van der Waals surface area contributed by atoms with E-state index >= 15 is 0 Å². The van der Waals surface area contributed by atoms with Crippen LogP contribution >= 0.6 is 11.5 Å². The number of benzene rings is 1. The molecule has 2 N–H and O–H groups in total. The Morgan fingerprint density at radius 1 is 1.28 bits per heavy atom. The molecule has 0 unspecified atom stereocenters. The standard InChI is InChI=1S/C13H17N3OS/c1-13(2,3)9-6-4-5-7-11(9)17-8-10-12(14)18-16-15-10/h4-7H,8,14H2,1-3H3. The second-order valence-corrected chi connectivity index (χ2v) is 5.90. The third kappa shape index (κ3) is 2.79. The first-order valence-corrected chi connectivity index (χ1v) is 6.55. The summed E-state index contributed by atoms with van der Waals surface area (Å²) in [4.78, 5) is 0. The molecule has 0 fully saturated rings. The lowest BCUT2D eigenvalue weighted by atomic mass is 9.86. The van der Waals surface area contributed by atoms with E-state index in [2.05, 4.69) is 36.4 Å². The number of anilines is 1. The highest BCUT2D eigenvalue weighted by Gasteiger charge is 2.18. The molecule has 0 amide bonds. The van der Waals surface area contributed by atoms with E-state index in [4.69, 9.17) is 10.5 Å². The number of aromatic nitrogens is 2. The Morgan fingerprint density at radius 2 is 2.00 bits per heavy atom. The van der Waals surface area contributed by atoms with Gasteiger partial charge in [-0.25, -0.2) is 0 Å². The maximum atomic E-state index is 5.81. The topological polar surface area (TPSA) is 61.0 Å². The normalized spacial score (nSPS) is 11.5. The van der Waals surface area contributed by atoms with Gasteiger partial charge in [-0.3, -0.25) is 0 Å². The van der Waals surface area contributed by atoms with Crippen molar-refractivity contribution in [1.29, 1.82) is 0 Å². The fourth-order valence-corrected chi connectivity index (χ4v) is 2.11. The van der Waals surface area contributed by atoms with Crippen molar-refractivity contribution in [3.8, 4) is 5.75 Å². The number of hydrogen-bond acceptors (Lipinski definition) is 5. The van der Waals surface area contributed by atoms with Crippen molar-refractivity contribution in [3.05, 3.63) is 35.5 Å². The lowest BCUT2D eigenvalue weighted by Crippen LogP contribution is -2.13. The molecule has 0 spiro atoms. The largest absolute Gasteiger partial charge is 0.487 e. The van der Waals surface area contributed by atoms with Gasteiger partial charge in [-0.05, 0) is 17.0 Å². The van der Waals surface area contributed by atoms with E-state index in [1.54, 1.807) is 0 Å². The summed E-state index contributed by atoms with van der Waals surface area (Å²) in [6.07, 6.45) is 0. The molecule has 2 rings (SSSR count). The van der Waals surface area contributed by atoms with Crippen molar-refractivity contribution < 1.29 is 4.74 Å². The van der Waals surface area contributed by atoms with Crippen LogP contribution in [0.4, 0.5) is 5.00 Å². The van der Waals surface area contributed by atoms with Crippen LogP contribution < -0.4 is 10.5 Å². The van der Waals surface area contributed by atoms with E-state index in [-0.39, 0.29) is 5.41 Å². The first kappa shape index (κ1) is 12.8. The SMILES string of the molecule is CC(C)(C)c1ccccc1OCc1nnsc1N. The van der Waals surface area contributed by atoms with E-state index in [1.165, 1.54) is 17.1 Å². The Labute approximate surface area is 111 Å². The van der Waals surface area contributed by atoms with Gasteiger partial charge in [-0.15, -0.1) is 5.10 Å². The number of hydrogen-bond donors (Lipinski definition) is 1. The third-order valence-corrected chi connectivity index (χ3v) is 3.24. The second kappa shape index (κ2) is 4.94. The number of ether oxygens (including phenoxy) is 1. The molecule has 4 nitrogen and oxygen atoms in total. The molecular formula is C13H17N3OS. The molecule has 0 saturated carbocycles. The second-order valence-electron chi connectivity index (χ2n) is 5.12. The minimum Gasteiger partial charge on any atom is -0.487 e. The summed E-state index contributed by atoms with van der Waals surface area (Å²) in [6, 6.07) is 8.04. The molecule has 2 aromatic rings. The van der Waals surface area contributed by atoms with Crippen LogP contribution in [-0.2, 0) is 12.0 Å². The number of para-hydroxylation sites is 1. The highest BCUT2D eigenvalue weighted by atomic mass is 32.1. The minimum absolute atomic E-state index is 0.0441. The monoisotopic (exact) mass is 263 g/mol. The van der Waals surface area contributed by atoms with Crippen molar-refractivity contribution in [3.63, 3.8) is 0 Å². The van der Waals surface area contributed by atoms with E-state index < -0.39 is 0 Å². The molecule has 0 aliphatic rings. The highest BCUT2D eigenvalue weighted by Crippen LogP contribution is 2.31. The molecule has 1 aromatic heterocycles. The van der Waals surface area contributed by atoms with Gasteiger partial charge in [0.25, 0.3) is 0 Å². The molecule has 96 valence electrons. The van der Waals surface area contributed by atoms with Crippen molar-refractivity contribution in [2.75, 3.05) is 5.73 Å². The summed E-state index contributed by atoms with van der Waals surface area (Å²) in [7, 11) is 0. The molecule has 18 heavy (non-hydrogen) atoms. The first-order chi connectivity index (χ1) is 8.48. The highest BCUT2D eigenvalue weighted by molar-refractivity contribution is 7.09. The zero-order valence-electron chi connectivity index (χ0n) is 10.8. The molecule has 0 aliphatic heterocycles. The Balaban J connectivity index is 2.17. The van der Waals surface area contributed by atoms with Gasteiger partial charge in [0.05, 0.1) is 0 Å². The molecule has 0 saturated heterocycles. The number of rotatable bonds is 3. The Bertz CT molecular complexity index is 531. The van der Waals surface area contributed by atoms with Gasteiger partial charge in [0.1, 0.15) is 23.1 Å². The number of nitrogen functional groups attached to an aromatic ring is 1. The molecular weight excluding hydrogens is 246 g/mol. The van der Waals surface area contributed by atoms with E-state index in [1.807, 2.05) is 18.2 Å².